The van der Waals surface area contributed by atoms with Crippen molar-refractivity contribution in [2.45, 2.75) is 26.0 Å². The second-order valence-electron chi connectivity index (χ2n) is 6.23. The van der Waals surface area contributed by atoms with Crippen LogP contribution in [0.3, 0.4) is 0 Å². The first kappa shape index (κ1) is 17.1. The minimum atomic E-state index is -0.895. The van der Waals surface area contributed by atoms with Gasteiger partial charge in [0.1, 0.15) is 5.82 Å². The Bertz CT molecular complexity index is 887. The van der Waals surface area contributed by atoms with E-state index in [4.69, 9.17) is 0 Å². The van der Waals surface area contributed by atoms with Crippen LogP contribution in [0.15, 0.2) is 48.8 Å². The highest BCUT2D eigenvalue weighted by atomic mass is 19.1. The molecule has 130 valence electrons. The minimum Gasteiger partial charge on any atom is -0.387 e. The van der Waals surface area contributed by atoms with Gasteiger partial charge in [-0.15, -0.1) is 0 Å². The first-order valence-corrected chi connectivity index (χ1v) is 8.14. The molecule has 2 aromatic carbocycles. The molecule has 0 spiro atoms. The zero-order valence-electron chi connectivity index (χ0n) is 14.1. The van der Waals surface area contributed by atoms with Gasteiger partial charge in [-0.05, 0) is 49.7 Å². The number of benzene rings is 2. The van der Waals surface area contributed by atoms with E-state index < -0.39 is 6.10 Å². The molecule has 25 heavy (non-hydrogen) atoms. The minimum absolute atomic E-state index is 0.0446. The maximum Gasteiger partial charge on any atom is 0.251 e. The first-order valence-electron chi connectivity index (χ1n) is 8.14. The number of aromatic nitrogens is 2. The molecule has 0 aliphatic carbocycles. The maximum atomic E-state index is 12.9. The summed E-state index contributed by atoms with van der Waals surface area (Å²) in [6, 6.07) is 11.2. The lowest BCUT2D eigenvalue weighted by molar-refractivity contribution is 0.0916. The van der Waals surface area contributed by atoms with Crippen LogP contribution in [0.4, 0.5) is 4.39 Å². The fourth-order valence-corrected chi connectivity index (χ4v) is 2.68. The molecule has 0 aliphatic heterocycles. The number of nitrogens with one attached hydrogen (secondary N) is 1. The molecule has 0 fully saturated rings. The van der Waals surface area contributed by atoms with Crippen LogP contribution < -0.4 is 5.32 Å². The normalized spacial score (nSPS) is 12.5. The molecule has 0 saturated heterocycles. The molecule has 0 radical (unpaired) electrons. The summed E-state index contributed by atoms with van der Waals surface area (Å²) in [6.45, 7) is 4.18. The number of aliphatic hydroxyl groups is 1. The highest BCUT2D eigenvalue weighted by Gasteiger charge is 2.13. The van der Waals surface area contributed by atoms with E-state index in [0.717, 1.165) is 11.0 Å². The van der Waals surface area contributed by atoms with Crippen molar-refractivity contribution in [2.24, 2.45) is 0 Å². The molecular formula is C19H20FN3O2. The molecular weight excluding hydrogens is 321 g/mol. The van der Waals surface area contributed by atoms with E-state index in [1.54, 1.807) is 18.5 Å². The molecule has 1 heterocycles. The monoisotopic (exact) mass is 341 g/mol. The average molecular weight is 341 g/mol. The summed E-state index contributed by atoms with van der Waals surface area (Å²) in [5.41, 5.74) is 2.75. The molecule has 3 aromatic rings. The van der Waals surface area contributed by atoms with Crippen LogP contribution in [0.2, 0.25) is 0 Å². The van der Waals surface area contributed by atoms with Crippen molar-refractivity contribution in [1.82, 2.24) is 14.9 Å². The number of hydrogen-bond donors (Lipinski definition) is 2. The summed E-state index contributed by atoms with van der Waals surface area (Å²) in [5.74, 6) is -0.656. The second-order valence-corrected chi connectivity index (χ2v) is 6.23. The Morgan fingerprint density at radius 3 is 2.64 bits per heavy atom. The van der Waals surface area contributed by atoms with Crippen molar-refractivity contribution in [3.05, 3.63) is 65.7 Å². The summed E-state index contributed by atoms with van der Waals surface area (Å²) in [5, 5.41) is 12.8. The SMILES string of the molecule is CC(C)n1cnc2cc(C(=O)NC[C@@H](O)c3ccc(F)cc3)ccc21. The lowest BCUT2D eigenvalue weighted by Crippen LogP contribution is -2.28. The van der Waals surface area contributed by atoms with E-state index in [0.29, 0.717) is 11.1 Å². The fourth-order valence-electron chi connectivity index (χ4n) is 2.68. The zero-order chi connectivity index (χ0) is 18.0. The largest absolute Gasteiger partial charge is 0.387 e. The van der Waals surface area contributed by atoms with Gasteiger partial charge in [0.15, 0.2) is 0 Å². The van der Waals surface area contributed by atoms with Gasteiger partial charge in [0.2, 0.25) is 0 Å². The van der Waals surface area contributed by atoms with Crippen LogP contribution in [0.25, 0.3) is 11.0 Å². The van der Waals surface area contributed by atoms with Crippen molar-refractivity contribution in [1.29, 1.82) is 0 Å². The Balaban J connectivity index is 1.68. The third kappa shape index (κ3) is 3.69. The van der Waals surface area contributed by atoms with Gasteiger partial charge in [0.05, 0.1) is 23.5 Å². The number of halogens is 1. The van der Waals surface area contributed by atoms with Crippen molar-refractivity contribution in [3.8, 4) is 0 Å². The number of carbonyl (C=O) groups is 1. The molecule has 2 N–H and O–H groups in total. The number of imidazole rings is 1. The van der Waals surface area contributed by atoms with Crippen LogP contribution >= 0.6 is 0 Å². The number of aliphatic hydroxyl groups excluding tert-OH is 1. The van der Waals surface area contributed by atoms with Crippen molar-refractivity contribution in [3.63, 3.8) is 0 Å². The van der Waals surface area contributed by atoms with Gasteiger partial charge in [0.25, 0.3) is 5.91 Å². The number of hydrogen-bond acceptors (Lipinski definition) is 3. The van der Waals surface area contributed by atoms with Crippen LogP contribution in [0, 0.1) is 5.82 Å². The molecule has 6 heteroatoms. The molecule has 1 amide bonds. The van der Waals surface area contributed by atoms with Gasteiger partial charge in [0, 0.05) is 18.2 Å². The molecule has 0 saturated carbocycles. The van der Waals surface area contributed by atoms with E-state index in [1.165, 1.54) is 24.3 Å². The van der Waals surface area contributed by atoms with E-state index in [9.17, 15) is 14.3 Å². The fraction of sp³-hybridized carbons (Fsp3) is 0.263. The van der Waals surface area contributed by atoms with Crippen LogP contribution in [0.5, 0.6) is 0 Å². The number of rotatable bonds is 5. The first-order chi connectivity index (χ1) is 12.0. The summed E-state index contributed by atoms with van der Waals surface area (Å²) in [6.07, 6.45) is 0.864. The topological polar surface area (TPSA) is 67.2 Å². The number of fused-ring (bicyclic) bond motifs is 1. The third-order valence-electron chi connectivity index (χ3n) is 4.10. The summed E-state index contributed by atoms with van der Waals surface area (Å²) in [7, 11) is 0. The van der Waals surface area contributed by atoms with Gasteiger partial charge < -0.3 is 15.0 Å². The molecule has 0 unspecified atom stereocenters. The molecule has 0 aliphatic rings. The number of carbonyl (C=O) groups excluding carboxylic acids is 1. The van der Waals surface area contributed by atoms with Crippen molar-refractivity contribution in [2.75, 3.05) is 6.54 Å². The van der Waals surface area contributed by atoms with Gasteiger partial charge in [-0.2, -0.15) is 0 Å². The summed E-state index contributed by atoms with van der Waals surface area (Å²) < 4.78 is 14.9. The lowest BCUT2D eigenvalue weighted by Gasteiger charge is -2.12. The molecule has 3 rings (SSSR count). The molecule has 5 nitrogen and oxygen atoms in total. The maximum absolute atomic E-state index is 12.9. The Morgan fingerprint density at radius 1 is 1.24 bits per heavy atom. The summed E-state index contributed by atoms with van der Waals surface area (Å²) in [4.78, 5) is 16.6. The second kappa shape index (κ2) is 7.03. The highest BCUT2D eigenvalue weighted by Crippen LogP contribution is 2.19. The predicted octanol–water partition coefficient (Wildman–Crippen LogP) is 3.22. The van der Waals surface area contributed by atoms with Crippen LogP contribution in [-0.4, -0.2) is 27.1 Å². The average Bonchev–Trinajstić information content (AvgIpc) is 3.03. The zero-order valence-corrected chi connectivity index (χ0v) is 14.1. The van der Waals surface area contributed by atoms with E-state index >= 15 is 0 Å². The van der Waals surface area contributed by atoms with Crippen molar-refractivity contribution < 1.29 is 14.3 Å². The lowest BCUT2D eigenvalue weighted by atomic mass is 10.1. The number of nitrogens with zero attached hydrogens (tertiary/aromatic N) is 2. The van der Waals surface area contributed by atoms with E-state index in [1.807, 2.05) is 10.6 Å². The standard InChI is InChI=1S/C19H20FN3O2/c1-12(2)23-11-22-16-9-14(5-8-17(16)23)19(25)21-10-18(24)13-3-6-15(20)7-4-13/h3-9,11-12,18,24H,10H2,1-2H3,(H,21,25)/t18-/m1/s1. The Morgan fingerprint density at radius 2 is 1.96 bits per heavy atom. The van der Waals surface area contributed by atoms with Crippen molar-refractivity contribution >= 4 is 16.9 Å². The molecule has 1 atom stereocenters. The quantitative estimate of drug-likeness (QED) is 0.749. The van der Waals surface area contributed by atoms with Crippen LogP contribution in [0.1, 0.15) is 41.9 Å². The summed E-state index contributed by atoms with van der Waals surface area (Å²) >= 11 is 0. The Labute approximate surface area is 145 Å². The van der Waals surface area contributed by atoms with Crippen LogP contribution in [-0.2, 0) is 0 Å². The Hall–Kier alpha value is -2.73. The van der Waals surface area contributed by atoms with Gasteiger partial charge >= 0.3 is 0 Å². The smallest absolute Gasteiger partial charge is 0.251 e. The number of amides is 1. The van der Waals surface area contributed by atoms with E-state index in [-0.39, 0.29) is 24.3 Å². The molecule has 1 aromatic heterocycles. The molecule has 0 bridgehead atoms. The third-order valence-corrected chi connectivity index (χ3v) is 4.10. The van der Waals surface area contributed by atoms with Gasteiger partial charge in [-0.3, -0.25) is 4.79 Å². The van der Waals surface area contributed by atoms with E-state index in [2.05, 4.69) is 24.1 Å². The predicted molar refractivity (Wildman–Crippen MR) is 93.8 cm³/mol. The highest BCUT2D eigenvalue weighted by molar-refractivity contribution is 5.97. The Kier molecular flexibility index (Phi) is 4.81. The van der Waals surface area contributed by atoms with Gasteiger partial charge in [-0.25, -0.2) is 9.37 Å². The van der Waals surface area contributed by atoms with Gasteiger partial charge in [-0.1, -0.05) is 12.1 Å².